The second kappa shape index (κ2) is 14.0. The fourth-order valence-electron chi connectivity index (χ4n) is 8.59. The van der Waals surface area contributed by atoms with E-state index in [0.29, 0.717) is 46.0 Å². The van der Waals surface area contributed by atoms with Crippen LogP contribution in [0.2, 0.25) is 23.7 Å². The molecule has 13 heteroatoms. The van der Waals surface area contributed by atoms with Crippen molar-refractivity contribution in [1.82, 2.24) is 24.8 Å². The number of aryl methyl sites for hydroxylation is 1. The molecule has 276 valence electrons. The standard InChI is InChI=1S/C41H40ClFN6O4Si/c1-26-38(54(2,3)43)37(18-19-47-24-35(45-46-47)33(25-50)28-11-5-4-6-12-28)53-41(26)34-21-30(42)16-17-36(34)48(40(41)52)23-27-10-9-14-31(20-27)49-39(51)32-15-8-7-13-29(32)22-44-49/h4-17,20-22,24,26,33,37-38,50H,18-19,23,25H2,1-3H3/t26-,33?,37+,38-,41+/m0/s1. The maximum Gasteiger partial charge on any atom is 0.279 e. The second-order valence-electron chi connectivity index (χ2n) is 14.8. The first-order chi connectivity index (χ1) is 26.0. The van der Waals surface area contributed by atoms with Gasteiger partial charge in [-0.15, -0.1) is 5.10 Å². The summed E-state index contributed by atoms with van der Waals surface area (Å²) in [6, 6.07) is 29.7. The van der Waals surface area contributed by atoms with E-state index in [0.717, 1.165) is 16.5 Å². The highest BCUT2D eigenvalue weighted by atomic mass is 35.5. The average molecular weight is 763 g/mol. The lowest BCUT2D eigenvalue weighted by Gasteiger charge is -2.31. The summed E-state index contributed by atoms with van der Waals surface area (Å²) in [5, 5.41) is 25.0. The van der Waals surface area contributed by atoms with E-state index in [9.17, 15) is 14.7 Å². The van der Waals surface area contributed by atoms with Crippen molar-refractivity contribution in [2.75, 3.05) is 11.5 Å². The normalized spacial score (nSPS) is 21.6. The predicted molar refractivity (Wildman–Crippen MR) is 208 cm³/mol. The fourth-order valence-corrected chi connectivity index (χ4v) is 11.3. The van der Waals surface area contributed by atoms with Crippen LogP contribution < -0.4 is 10.5 Å². The van der Waals surface area contributed by atoms with Crippen molar-refractivity contribution >= 4 is 42.4 Å². The first kappa shape index (κ1) is 36.0. The van der Waals surface area contributed by atoms with Gasteiger partial charge in [-0.2, -0.15) is 9.78 Å². The topological polar surface area (TPSA) is 115 Å². The lowest BCUT2D eigenvalue weighted by Crippen LogP contribution is -2.45. The minimum absolute atomic E-state index is 0.123. The molecule has 8 rings (SSSR count). The van der Waals surface area contributed by atoms with E-state index in [1.54, 1.807) is 47.1 Å². The Bertz CT molecular complexity index is 2420. The first-order valence-corrected chi connectivity index (χ1v) is 21.4. The van der Waals surface area contributed by atoms with Crippen molar-refractivity contribution in [2.24, 2.45) is 5.92 Å². The van der Waals surface area contributed by atoms with Gasteiger partial charge in [0.15, 0.2) is 5.60 Å². The molecule has 10 nitrogen and oxygen atoms in total. The van der Waals surface area contributed by atoms with Gasteiger partial charge in [0.1, 0.15) is 0 Å². The molecule has 4 heterocycles. The van der Waals surface area contributed by atoms with Crippen LogP contribution in [0.5, 0.6) is 0 Å². The molecule has 0 radical (unpaired) electrons. The van der Waals surface area contributed by atoms with E-state index in [1.807, 2.05) is 92.0 Å². The van der Waals surface area contributed by atoms with Gasteiger partial charge in [-0.1, -0.05) is 84.4 Å². The smallest absolute Gasteiger partial charge is 0.279 e. The van der Waals surface area contributed by atoms with Gasteiger partial charge in [0, 0.05) is 40.2 Å². The summed E-state index contributed by atoms with van der Waals surface area (Å²) in [6.45, 7) is 5.71. The van der Waals surface area contributed by atoms with Gasteiger partial charge in [0.25, 0.3) is 11.5 Å². The van der Waals surface area contributed by atoms with Gasteiger partial charge in [-0.25, -0.2) is 0 Å². The summed E-state index contributed by atoms with van der Waals surface area (Å²) < 4.78 is 26.5. The maximum atomic E-state index is 16.5. The van der Waals surface area contributed by atoms with Crippen molar-refractivity contribution < 1.29 is 18.7 Å². The van der Waals surface area contributed by atoms with Gasteiger partial charge in [0.2, 0.25) is 8.41 Å². The number of hydrogen-bond acceptors (Lipinski definition) is 7. The van der Waals surface area contributed by atoms with E-state index in [-0.39, 0.29) is 30.5 Å². The fraction of sp³-hybridized carbons (Fsp3) is 0.293. The third-order valence-electron chi connectivity index (χ3n) is 11.1. The molecule has 1 N–H and O–H groups in total. The number of nitrogens with zero attached hydrogens (tertiary/aromatic N) is 6. The zero-order valence-corrected chi connectivity index (χ0v) is 31.9. The molecule has 2 aliphatic heterocycles. The first-order valence-electron chi connectivity index (χ1n) is 18.1. The number of aromatic nitrogens is 5. The minimum Gasteiger partial charge on any atom is -0.395 e. The number of rotatable bonds is 10. The van der Waals surface area contributed by atoms with Crippen LogP contribution in [0.3, 0.4) is 0 Å². The monoisotopic (exact) mass is 762 g/mol. The highest BCUT2D eigenvalue weighted by Gasteiger charge is 2.66. The summed E-state index contributed by atoms with van der Waals surface area (Å²) >= 11 is 6.59. The highest BCUT2D eigenvalue weighted by molar-refractivity contribution is 6.72. The average Bonchev–Trinajstić information content (AvgIpc) is 3.82. The molecule has 1 unspecified atom stereocenters. The van der Waals surface area contributed by atoms with Crippen molar-refractivity contribution in [3.05, 3.63) is 147 Å². The van der Waals surface area contributed by atoms with E-state index in [4.69, 9.17) is 16.3 Å². The van der Waals surface area contributed by atoms with Crippen LogP contribution in [0.15, 0.2) is 114 Å². The number of benzene rings is 4. The number of fused-ring (bicyclic) bond motifs is 3. The zero-order chi connectivity index (χ0) is 37.8. The lowest BCUT2D eigenvalue weighted by molar-refractivity contribution is -0.146. The molecule has 5 atom stereocenters. The molecule has 1 amide bonds. The molecule has 1 spiro atoms. The Morgan fingerprint density at radius 1 is 1.00 bits per heavy atom. The molecule has 6 aromatic rings. The van der Waals surface area contributed by atoms with Crippen LogP contribution in [0.1, 0.15) is 41.6 Å². The van der Waals surface area contributed by atoms with Gasteiger partial charge < -0.3 is 18.9 Å². The largest absolute Gasteiger partial charge is 0.395 e. The molecule has 2 aromatic heterocycles. The molecule has 0 bridgehead atoms. The quantitative estimate of drug-likeness (QED) is 0.116. The summed E-state index contributed by atoms with van der Waals surface area (Å²) in [5.41, 5.74) is 1.98. The van der Waals surface area contributed by atoms with E-state index < -0.39 is 31.6 Å². The highest BCUT2D eigenvalue weighted by Crippen LogP contribution is 2.60. The number of carbonyl (C=O) groups excluding carboxylic acids is 1. The minimum atomic E-state index is -3.42. The van der Waals surface area contributed by atoms with Crippen LogP contribution >= 0.6 is 11.6 Å². The molecular formula is C41H40ClFN6O4Si. The zero-order valence-electron chi connectivity index (χ0n) is 30.1. The molecule has 0 saturated carbocycles. The molecular weight excluding hydrogens is 723 g/mol. The van der Waals surface area contributed by atoms with E-state index in [1.165, 1.54) is 4.68 Å². The van der Waals surface area contributed by atoms with E-state index in [2.05, 4.69) is 15.4 Å². The second-order valence-corrected chi connectivity index (χ2v) is 19.0. The SMILES string of the molecule is C[C@H]1[C@H]([Si](C)(C)F)[C@@H](CCn2cc(C(CO)c3ccccc3)nn2)O[C@]12C(=O)N(Cc1cccc(-n3ncc4ccccc4c3=O)c1)c1ccc(Cl)cc12. The summed E-state index contributed by atoms with van der Waals surface area (Å²) in [6.07, 6.45) is 3.28. The van der Waals surface area contributed by atoms with Crippen LogP contribution in [0, 0.1) is 5.92 Å². The number of aliphatic hydroxyl groups excluding tert-OH is 1. The Morgan fingerprint density at radius 3 is 2.56 bits per heavy atom. The van der Waals surface area contributed by atoms with Gasteiger partial charge >= 0.3 is 0 Å². The summed E-state index contributed by atoms with van der Waals surface area (Å²) in [4.78, 5) is 30.0. The molecule has 1 fully saturated rings. The number of ether oxygens (including phenoxy) is 1. The Labute approximate surface area is 318 Å². The van der Waals surface area contributed by atoms with Gasteiger partial charge in [-0.05, 0) is 67.0 Å². The Hall–Kier alpha value is -5.01. The van der Waals surface area contributed by atoms with Crippen molar-refractivity contribution in [3.63, 3.8) is 0 Å². The van der Waals surface area contributed by atoms with Crippen molar-refractivity contribution in [2.45, 2.75) is 62.7 Å². The van der Waals surface area contributed by atoms with Crippen molar-refractivity contribution in [3.8, 4) is 5.69 Å². The predicted octanol–water partition coefficient (Wildman–Crippen LogP) is 7.17. The van der Waals surface area contributed by atoms with Gasteiger partial charge in [-0.3, -0.25) is 14.3 Å². The Balaban J connectivity index is 1.09. The number of amides is 1. The number of aliphatic hydroxyl groups is 1. The van der Waals surface area contributed by atoms with Crippen LogP contribution in [0.25, 0.3) is 16.5 Å². The number of anilines is 1. The Kier molecular flexibility index (Phi) is 9.33. The number of halogens is 2. The summed E-state index contributed by atoms with van der Waals surface area (Å²) in [5.74, 6) is -1.11. The molecule has 0 aliphatic carbocycles. The number of hydrogen-bond donors (Lipinski definition) is 1. The van der Waals surface area contributed by atoms with E-state index >= 15 is 4.11 Å². The van der Waals surface area contributed by atoms with Crippen LogP contribution in [-0.2, 0) is 28.2 Å². The van der Waals surface area contributed by atoms with Crippen LogP contribution in [0.4, 0.5) is 9.80 Å². The van der Waals surface area contributed by atoms with Gasteiger partial charge in [0.05, 0.1) is 53.8 Å². The Morgan fingerprint density at radius 2 is 1.78 bits per heavy atom. The third kappa shape index (κ3) is 6.16. The van der Waals surface area contributed by atoms with Crippen molar-refractivity contribution in [1.29, 1.82) is 0 Å². The third-order valence-corrected chi connectivity index (χ3v) is 13.7. The number of carbonyl (C=O) groups is 1. The van der Waals surface area contributed by atoms with Crippen LogP contribution in [-0.4, -0.2) is 56.9 Å². The maximum absolute atomic E-state index is 16.5. The summed E-state index contributed by atoms with van der Waals surface area (Å²) in [7, 11) is -3.42. The molecule has 1 saturated heterocycles. The molecule has 54 heavy (non-hydrogen) atoms. The molecule has 4 aromatic carbocycles. The molecule has 2 aliphatic rings. The lowest BCUT2D eigenvalue weighted by atomic mass is 9.82.